The van der Waals surface area contributed by atoms with Gasteiger partial charge in [-0.25, -0.2) is 5.10 Å². The van der Waals surface area contributed by atoms with Crippen molar-refractivity contribution in [3.8, 4) is 0 Å². The van der Waals surface area contributed by atoms with Crippen molar-refractivity contribution in [2.45, 2.75) is 6.42 Å². The average molecular weight is 271 g/mol. The number of nitrogens with zero attached hydrogens (tertiary/aromatic N) is 1. The highest BCUT2D eigenvalue weighted by atomic mass is 79.9. The lowest BCUT2D eigenvalue weighted by Crippen LogP contribution is -2.10. The zero-order valence-corrected chi connectivity index (χ0v) is 9.56. The van der Waals surface area contributed by atoms with Crippen molar-refractivity contribution >= 4 is 27.3 Å². The molecule has 2 rings (SSSR count). The molecule has 0 fully saturated rings. The van der Waals surface area contributed by atoms with Crippen molar-refractivity contribution in [1.29, 1.82) is 0 Å². The largest absolute Gasteiger partial charge is 0.278 e. The van der Waals surface area contributed by atoms with Crippen molar-refractivity contribution in [2.75, 3.05) is 0 Å². The Kier molecular flexibility index (Phi) is 2.79. The summed E-state index contributed by atoms with van der Waals surface area (Å²) in [5, 5.41) is 8.41. The third-order valence-electron chi connectivity index (χ3n) is 1.75. The van der Waals surface area contributed by atoms with Crippen LogP contribution in [0.1, 0.15) is 10.6 Å². The lowest BCUT2D eigenvalue weighted by molar-refractivity contribution is 0.908. The van der Waals surface area contributed by atoms with Crippen molar-refractivity contribution in [3.63, 3.8) is 0 Å². The van der Waals surface area contributed by atoms with Gasteiger partial charge in [-0.1, -0.05) is 6.07 Å². The Morgan fingerprint density at radius 2 is 2.43 bits per heavy atom. The smallest absolute Gasteiger partial charge is 0.267 e. The van der Waals surface area contributed by atoms with Gasteiger partial charge in [0.05, 0.1) is 10.2 Å². The molecule has 0 unspecified atom stereocenters. The quantitative estimate of drug-likeness (QED) is 0.910. The lowest BCUT2D eigenvalue weighted by atomic mass is 10.2. The standard InChI is InChI=1S/C9H7BrN2OS/c10-8-5-6(11-12-9(8)13)4-7-2-1-3-14-7/h1-3,5H,4H2,(H,12,13). The monoisotopic (exact) mass is 270 g/mol. The summed E-state index contributed by atoms with van der Waals surface area (Å²) in [6.45, 7) is 0. The summed E-state index contributed by atoms with van der Waals surface area (Å²) in [6, 6.07) is 5.80. The molecule has 3 nitrogen and oxygen atoms in total. The van der Waals surface area contributed by atoms with Gasteiger partial charge < -0.3 is 0 Å². The minimum atomic E-state index is -0.195. The molecular formula is C9H7BrN2OS. The van der Waals surface area contributed by atoms with E-state index in [1.54, 1.807) is 17.4 Å². The van der Waals surface area contributed by atoms with Gasteiger partial charge in [-0.2, -0.15) is 5.10 Å². The summed E-state index contributed by atoms with van der Waals surface area (Å²) in [7, 11) is 0. The van der Waals surface area contributed by atoms with Gasteiger partial charge in [0.25, 0.3) is 5.56 Å². The molecule has 1 N–H and O–H groups in total. The molecule has 5 heteroatoms. The number of thiophene rings is 1. The van der Waals surface area contributed by atoms with Gasteiger partial charge in [0, 0.05) is 11.3 Å². The first-order chi connectivity index (χ1) is 6.75. The highest BCUT2D eigenvalue weighted by molar-refractivity contribution is 9.10. The Labute approximate surface area is 92.9 Å². The van der Waals surface area contributed by atoms with E-state index < -0.39 is 0 Å². The molecule has 0 radical (unpaired) electrons. The molecule has 0 aromatic carbocycles. The summed E-state index contributed by atoms with van der Waals surface area (Å²) in [5.74, 6) is 0. The van der Waals surface area contributed by atoms with Crippen LogP contribution in [0.3, 0.4) is 0 Å². The van der Waals surface area contributed by atoms with Gasteiger partial charge in [-0.15, -0.1) is 11.3 Å². The molecule has 72 valence electrons. The second-order valence-corrected chi connectivity index (χ2v) is 4.68. The highest BCUT2D eigenvalue weighted by Crippen LogP contribution is 2.13. The molecular weight excluding hydrogens is 264 g/mol. The molecule has 0 saturated carbocycles. The van der Waals surface area contributed by atoms with Crippen LogP contribution < -0.4 is 5.56 Å². The molecule has 2 aromatic rings. The van der Waals surface area contributed by atoms with Crippen LogP contribution in [0.15, 0.2) is 32.8 Å². The maximum atomic E-state index is 11.0. The lowest BCUT2D eigenvalue weighted by Gasteiger charge is -1.97. The summed E-state index contributed by atoms with van der Waals surface area (Å²) >= 11 is 4.85. The van der Waals surface area contributed by atoms with E-state index in [1.807, 2.05) is 17.5 Å². The SMILES string of the molecule is O=c1[nH]nc(Cc2cccs2)cc1Br. The Morgan fingerprint density at radius 3 is 3.07 bits per heavy atom. The van der Waals surface area contributed by atoms with Gasteiger partial charge >= 0.3 is 0 Å². The predicted octanol–water partition coefficient (Wildman–Crippen LogP) is 2.18. The minimum Gasteiger partial charge on any atom is -0.267 e. The van der Waals surface area contributed by atoms with Gasteiger partial charge in [-0.3, -0.25) is 4.79 Å². The summed E-state index contributed by atoms with van der Waals surface area (Å²) in [5.41, 5.74) is 0.666. The maximum absolute atomic E-state index is 11.0. The Balaban J connectivity index is 2.26. The zero-order valence-electron chi connectivity index (χ0n) is 7.16. The fraction of sp³-hybridized carbons (Fsp3) is 0.111. The summed E-state index contributed by atoms with van der Waals surface area (Å²) in [6.07, 6.45) is 0.757. The van der Waals surface area contributed by atoms with Crippen molar-refractivity contribution in [1.82, 2.24) is 10.2 Å². The first-order valence-electron chi connectivity index (χ1n) is 4.02. The average Bonchev–Trinajstić information content (AvgIpc) is 2.64. The Morgan fingerprint density at radius 1 is 1.57 bits per heavy atom. The molecule has 0 aliphatic heterocycles. The van der Waals surface area contributed by atoms with E-state index in [1.165, 1.54) is 4.88 Å². The third-order valence-corrected chi connectivity index (χ3v) is 3.21. The predicted molar refractivity (Wildman–Crippen MR) is 59.7 cm³/mol. The summed E-state index contributed by atoms with van der Waals surface area (Å²) in [4.78, 5) is 12.2. The fourth-order valence-corrected chi connectivity index (χ4v) is 2.18. The second kappa shape index (κ2) is 4.06. The zero-order chi connectivity index (χ0) is 9.97. The molecule has 0 atom stereocenters. The number of H-pyrrole nitrogens is 1. The number of hydrogen-bond donors (Lipinski definition) is 1. The van der Waals surface area contributed by atoms with E-state index in [0.29, 0.717) is 4.47 Å². The Bertz CT molecular complexity index is 478. The topological polar surface area (TPSA) is 45.8 Å². The molecule has 0 aliphatic carbocycles. The van der Waals surface area contributed by atoms with E-state index >= 15 is 0 Å². The van der Waals surface area contributed by atoms with Gasteiger partial charge in [0.15, 0.2) is 0 Å². The number of aromatic nitrogens is 2. The van der Waals surface area contributed by atoms with E-state index in [0.717, 1.165) is 12.1 Å². The molecule has 0 bridgehead atoms. The van der Waals surface area contributed by atoms with E-state index in [2.05, 4.69) is 26.1 Å². The Hall–Kier alpha value is -0.940. The molecule has 0 saturated heterocycles. The second-order valence-electron chi connectivity index (χ2n) is 2.79. The highest BCUT2D eigenvalue weighted by Gasteiger charge is 2.01. The normalized spacial score (nSPS) is 10.4. The number of nitrogens with one attached hydrogen (secondary N) is 1. The van der Waals surface area contributed by atoms with Crippen LogP contribution in [-0.2, 0) is 6.42 Å². The van der Waals surface area contributed by atoms with Crippen LogP contribution in [0.25, 0.3) is 0 Å². The third kappa shape index (κ3) is 2.10. The number of rotatable bonds is 2. The molecule has 2 heterocycles. The van der Waals surface area contributed by atoms with Crippen molar-refractivity contribution in [2.24, 2.45) is 0 Å². The number of halogens is 1. The number of aromatic amines is 1. The van der Waals surface area contributed by atoms with Crippen LogP contribution >= 0.6 is 27.3 Å². The molecule has 0 amide bonds. The number of hydrogen-bond acceptors (Lipinski definition) is 3. The first kappa shape index (κ1) is 9.61. The molecule has 2 aromatic heterocycles. The van der Waals surface area contributed by atoms with Gasteiger partial charge in [0.1, 0.15) is 0 Å². The fourth-order valence-electron chi connectivity index (χ4n) is 1.10. The first-order valence-corrected chi connectivity index (χ1v) is 5.69. The molecule has 14 heavy (non-hydrogen) atoms. The van der Waals surface area contributed by atoms with Gasteiger partial charge in [0.2, 0.25) is 0 Å². The van der Waals surface area contributed by atoms with E-state index in [-0.39, 0.29) is 5.56 Å². The van der Waals surface area contributed by atoms with Crippen molar-refractivity contribution in [3.05, 3.63) is 49.0 Å². The van der Waals surface area contributed by atoms with Crippen LogP contribution in [0, 0.1) is 0 Å². The molecule has 0 spiro atoms. The van der Waals surface area contributed by atoms with Crippen LogP contribution in [-0.4, -0.2) is 10.2 Å². The van der Waals surface area contributed by atoms with Crippen LogP contribution in [0.4, 0.5) is 0 Å². The maximum Gasteiger partial charge on any atom is 0.278 e. The van der Waals surface area contributed by atoms with Gasteiger partial charge in [-0.05, 0) is 33.4 Å². The van der Waals surface area contributed by atoms with Crippen LogP contribution in [0.5, 0.6) is 0 Å². The van der Waals surface area contributed by atoms with Crippen molar-refractivity contribution < 1.29 is 0 Å². The van der Waals surface area contributed by atoms with Crippen LogP contribution in [0.2, 0.25) is 0 Å². The van der Waals surface area contributed by atoms with E-state index in [9.17, 15) is 4.79 Å². The molecule has 0 aliphatic rings. The minimum absolute atomic E-state index is 0.195. The van der Waals surface area contributed by atoms with E-state index in [4.69, 9.17) is 0 Å². The summed E-state index contributed by atoms with van der Waals surface area (Å²) < 4.78 is 0.527.